The van der Waals surface area contributed by atoms with Crippen molar-refractivity contribution in [1.29, 1.82) is 0 Å². The predicted molar refractivity (Wildman–Crippen MR) is 85.3 cm³/mol. The molecule has 2 N–H and O–H groups in total. The van der Waals surface area contributed by atoms with E-state index in [1.807, 2.05) is 5.38 Å². The molecule has 0 spiro atoms. The van der Waals surface area contributed by atoms with Crippen LogP contribution in [0.5, 0.6) is 0 Å². The highest BCUT2D eigenvalue weighted by molar-refractivity contribution is 7.89. The number of nitrogens with zero attached hydrogens (tertiary/aromatic N) is 3. The highest BCUT2D eigenvalue weighted by Crippen LogP contribution is 2.25. The Kier molecular flexibility index (Phi) is 4.27. The van der Waals surface area contributed by atoms with Crippen molar-refractivity contribution in [3.63, 3.8) is 0 Å². The minimum atomic E-state index is -3.40. The molecular formula is C12H16N4O2S3. The number of thiazole rings is 1. The molecule has 1 fully saturated rings. The van der Waals surface area contributed by atoms with Crippen molar-refractivity contribution in [1.82, 2.24) is 9.29 Å². The molecule has 0 aromatic carbocycles. The summed E-state index contributed by atoms with van der Waals surface area (Å²) in [7, 11) is -3.40. The Labute approximate surface area is 131 Å². The van der Waals surface area contributed by atoms with E-state index in [0.717, 1.165) is 10.0 Å². The van der Waals surface area contributed by atoms with Crippen LogP contribution in [0.1, 0.15) is 4.88 Å². The van der Waals surface area contributed by atoms with Gasteiger partial charge in [-0.15, -0.1) is 22.7 Å². The van der Waals surface area contributed by atoms with Crippen molar-refractivity contribution in [3.8, 4) is 0 Å². The number of nitrogens with two attached hydrogens (primary N) is 1. The van der Waals surface area contributed by atoms with Gasteiger partial charge < -0.3 is 10.6 Å². The van der Waals surface area contributed by atoms with Crippen molar-refractivity contribution in [3.05, 3.63) is 27.9 Å². The van der Waals surface area contributed by atoms with E-state index in [2.05, 4.69) is 9.88 Å². The van der Waals surface area contributed by atoms with Gasteiger partial charge in [0.15, 0.2) is 5.13 Å². The molecule has 1 aliphatic rings. The lowest BCUT2D eigenvalue weighted by molar-refractivity contribution is 0.385. The molecule has 21 heavy (non-hydrogen) atoms. The van der Waals surface area contributed by atoms with Crippen molar-refractivity contribution in [2.75, 3.05) is 31.1 Å². The summed E-state index contributed by atoms with van der Waals surface area (Å²) in [5.41, 5.74) is 5.55. The largest absolute Gasteiger partial charge is 0.345 e. The van der Waals surface area contributed by atoms with Crippen molar-refractivity contribution >= 4 is 37.8 Å². The summed E-state index contributed by atoms with van der Waals surface area (Å²) >= 11 is 2.96. The summed E-state index contributed by atoms with van der Waals surface area (Å²) in [4.78, 5) is 7.63. The minimum Gasteiger partial charge on any atom is -0.345 e. The highest BCUT2D eigenvalue weighted by Gasteiger charge is 2.29. The van der Waals surface area contributed by atoms with Gasteiger partial charge in [-0.25, -0.2) is 13.4 Å². The van der Waals surface area contributed by atoms with E-state index in [1.165, 1.54) is 11.3 Å². The van der Waals surface area contributed by atoms with E-state index in [9.17, 15) is 8.42 Å². The van der Waals surface area contributed by atoms with Gasteiger partial charge in [-0.1, -0.05) is 0 Å². The van der Waals surface area contributed by atoms with Crippen molar-refractivity contribution < 1.29 is 8.42 Å². The zero-order valence-corrected chi connectivity index (χ0v) is 13.8. The molecule has 2 aromatic heterocycles. The first-order valence-corrected chi connectivity index (χ1v) is 9.73. The second-order valence-electron chi connectivity index (χ2n) is 4.66. The highest BCUT2D eigenvalue weighted by atomic mass is 32.2. The van der Waals surface area contributed by atoms with E-state index in [1.54, 1.807) is 33.3 Å². The standard InChI is InChI=1S/C12H16N4O2S3/c13-8-10-7-11(9-20-10)21(17,18)16-4-2-15(3-5-16)12-14-1-6-19-12/h1,6-7,9H,2-5,8,13H2. The van der Waals surface area contributed by atoms with Gasteiger partial charge >= 0.3 is 0 Å². The van der Waals surface area contributed by atoms with Gasteiger partial charge in [-0.05, 0) is 6.07 Å². The van der Waals surface area contributed by atoms with Gasteiger partial charge in [-0.3, -0.25) is 0 Å². The van der Waals surface area contributed by atoms with Gasteiger partial charge in [0.05, 0.1) is 4.90 Å². The summed E-state index contributed by atoms with van der Waals surface area (Å²) in [6.45, 7) is 2.67. The number of hydrogen-bond donors (Lipinski definition) is 1. The fourth-order valence-electron chi connectivity index (χ4n) is 2.24. The summed E-state index contributed by atoms with van der Waals surface area (Å²) in [5.74, 6) is 0. The third kappa shape index (κ3) is 2.97. The maximum Gasteiger partial charge on any atom is 0.244 e. The van der Waals surface area contributed by atoms with Gasteiger partial charge in [0.1, 0.15) is 0 Å². The van der Waals surface area contributed by atoms with E-state index in [0.29, 0.717) is 37.6 Å². The number of rotatable bonds is 4. The number of piperazine rings is 1. The van der Waals surface area contributed by atoms with Crippen LogP contribution in [0.25, 0.3) is 0 Å². The molecule has 9 heteroatoms. The van der Waals surface area contributed by atoms with Crippen molar-refractivity contribution in [2.24, 2.45) is 5.73 Å². The molecule has 0 saturated carbocycles. The summed E-state index contributed by atoms with van der Waals surface area (Å²) in [6, 6.07) is 1.67. The summed E-state index contributed by atoms with van der Waals surface area (Å²) in [5, 5.41) is 4.55. The van der Waals surface area contributed by atoms with E-state index in [4.69, 9.17) is 5.73 Å². The molecule has 114 valence electrons. The first kappa shape index (κ1) is 14.9. The minimum absolute atomic E-state index is 0.357. The molecule has 1 saturated heterocycles. The molecule has 0 amide bonds. The molecule has 1 aliphatic heterocycles. The molecule has 3 heterocycles. The molecule has 6 nitrogen and oxygen atoms in total. The molecular weight excluding hydrogens is 328 g/mol. The molecule has 0 aliphatic carbocycles. The summed E-state index contributed by atoms with van der Waals surface area (Å²) in [6.07, 6.45) is 1.77. The van der Waals surface area contributed by atoms with Crippen LogP contribution in [-0.4, -0.2) is 43.9 Å². The van der Waals surface area contributed by atoms with Crippen LogP contribution in [0.2, 0.25) is 0 Å². The number of anilines is 1. The molecule has 0 atom stereocenters. The quantitative estimate of drug-likeness (QED) is 0.901. The van der Waals surface area contributed by atoms with E-state index in [-0.39, 0.29) is 0 Å². The zero-order valence-electron chi connectivity index (χ0n) is 11.3. The number of aromatic nitrogens is 1. The summed E-state index contributed by atoms with van der Waals surface area (Å²) < 4.78 is 26.7. The lowest BCUT2D eigenvalue weighted by atomic mass is 10.4. The van der Waals surface area contributed by atoms with Crippen LogP contribution in [-0.2, 0) is 16.6 Å². The normalized spacial score (nSPS) is 17.3. The Morgan fingerprint density at radius 3 is 2.57 bits per heavy atom. The third-order valence-electron chi connectivity index (χ3n) is 3.40. The van der Waals surface area contributed by atoms with Crippen LogP contribution in [0.15, 0.2) is 27.9 Å². The van der Waals surface area contributed by atoms with Crippen LogP contribution in [0.3, 0.4) is 0 Å². The Morgan fingerprint density at radius 1 is 1.24 bits per heavy atom. The number of hydrogen-bond acceptors (Lipinski definition) is 7. The number of sulfonamides is 1. The van der Waals surface area contributed by atoms with Crippen LogP contribution in [0, 0.1) is 0 Å². The van der Waals surface area contributed by atoms with Gasteiger partial charge in [0.2, 0.25) is 10.0 Å². The zero-order chi connectivity index (χ0) is 14.9. The lowest BCUT2D eigenvalue weighted by Gasteiger charge is -2.33. The van der Waals surface area contributed by atoms with E-state index >= 15 is 0 Å². The molecule has 0 bridgehead atoms. The first-order valence-electron chi connectivity index (χ1n) is 6.53. The molecule has 2 aromatic rings. The lowest BCUT2D eigenvalue weighted by Crippen LogP contribution is -2.48. The Morgan fingerprint density at radius 2 is 2.00 bits per heavy atom. The fraction of sp³-hybridized carbons (Fsp3) is 0.417. The second-order valence-corrected chi connectivity index (χ2v) is 8.47. The maximum atomic E-state index is 12.6. The smallest absolute Gasteiger partial charge is 0.244 e. The average Bonchev–Trinajstić information content (AvgIpc) is 3.19. The molecule has 0 unspecified atom stereocenters. The second kappa shape index (κ2) is 6.01. The van der Waals surface area contributed by atoms with Crippen molar-refractivity contribution in [2.45, 2.75) is 11.4 Å². The monoisotopic (exact) mass is 344 g/mol. The maximum absolute atomic E-state index is 12.6. The Balaban J connectivity index is 1.71. The first-order chi connectivity index (χ1) is 10.1. The van der Waals surface area contributed by atoms with Crippen LogP contribution in [0.4, 0.5) is 5.13 Å². The van der Waals surface area contributed by atoms with Gasteiger partial charge in [0.25, 0.3) is 0 Å². The Hall–Kier alpha value is -1.00. The molecule has 0 radical (unpaired) electrons. The predicted octanol–water partition coefficient (Wildman–Crippen LogP) is 1.17. The van der Waals surface area contributed by atoms with Gasteiger partial charge in [-0.2, -0.15) is 4.31 Å². The topological polar surface area (TPSA) is 79.5 Å². The van der Waals surface area contributed by atoms with Gasteiger partial charge in [0, 0.05) is 54.6 Å². The van der Waals surface area contributed by atoms with Crippen LogP contribution < -0.4 is 10.6 Å². The Bertz CT molecular complexity index is 688. The molecule has 3 rings (SSSR count). The fourth-order valence-corrected chi connectivity index (χ4v) is 5.51. The average molecular weight is 344 g/mol. The number of thiophene rings is 1. The third-order valence-corrected chi connectivity index (χ3v) is 7.21. The van der Waals surface area contributed by atoms with E-state index < -0.39 is 10.0 Å². The SMILES string of the molecule is NCc1cc(S(=O)(=O)N2CCN(c3nccs3)CC2)cs1. The van der Waals surface area contributed by atoms with Crippen LogP contribution >= 0.6 is 22.7 Å².